The molecular weight excluding hydrogens is 198 g/mol. The van der Waals surface area contributed by atoms with Crippen molar-refractivity contribution in [2.24, 2.45) is 0 Å². The molecule has 0 fully saturated rings. The zero-order valence-electron chi connectivity index (χ0n) is 10.5. The van der Waals surface area contributed by atoms with Gasteiger partial charge in [0.05, 0.1) is 0 Å². The Morgan fingerprint density at radius 3 is 2.75 bits per heavy atom. The fourth-order valence-corrected chi connectivity index (χ4v) is 1.66. The first-order chi connectivity index (χ1) is 7.63. The lowest BCUT2D eigenvalue weighted by Gasteiger charge is -2.17. The molecular formula is C14H21NO. The third-order valence-corrected chi connectivity index (χ3v) is 2.45. The SMILES string of the molecule is CCC/C=C\C1=C(C=C(C)C)NC(=O)CC1. The summed E-state index contributed by atoms with van der Waals surface area (Å²) in [5.74, 6) is 0.125. The highest BCUT2D eigenvalue weighted by Crippen LogP contribution is 2.19. The molecule has 2 nitrogen and oxygen atoms in total. The Bertz CT molecular complexity index is 344. The molecule has 0 aliphatic carbocycles. The van der Waals surface area contributed by atoms with E-state index < -0.39 is 0 Å². The van der Waals surface area contributed by atoms with E-state index in [0.29, 0.717) is 6.42 Å². The molecule has 0 bridgehead atoms. The zero-order valence-corrected chi connectivity index (χ0v) is 10.5. The number of amides is 1. The van der Waals surface area contributed by atoms with Crippen LogP contribution in [0.15, 0.2) is 35.1 Å². The number of hydrogen-bond acceptors (Lipinski definition) is 1. The van der Waals surface area contributed by atoms with Crippen molar-refractivity contribution < 1.29 is 4.79 Å². The molecule has 0 unspecified atom stereocenters. The second kappa shape index (κ2) is 6.31. The van der Waals surface area contributed by atoms with Crippen LogP contribution in [0.1, 0.15) is 46.5 Å². The van der Waals surface area contributed by atoms with E-state index in [0.717, 1.165) is 25.0 Å². The summed E-state index contributed by atoms with van der Waals surface area (Å²) in [5, 5.41) is 2.94. The van der Waals surface area contributed by atoms with Crippen LogP contribution in [0.25, 0.3) is 0 Å². The second-order valence-electron chi connectivity index (χ2n) is 4.40. The molecule has 16 heavy (non-hydrogen) atoms. The lowest BCUT2D eigenvalue weighted by molar-refractivity contribution is -0.120. The standard InChI is InChI=1S/C14H21NO/c1-4-5-6-7-12-8-9-14(16)15-13(12)10-11(2)3/h6-7,10H,4-5,8-9H2,1-3H3,(H,15,16)/b7-6-. The maximum absolute atomic E-state index is 11.3. The summed E-state index contributed by atoms with van der Waals surface area (Å²) in [5.41, 5.74) is 3.43. The molecule has 2 heteroatoms. The average molecular weight is 219 g/mol. The van der Waals surface area contributed by atoms with Crippen LogP contribution in [0.3, 0.4) is 0 Å². The molecule has 1 N–H and O–H groups in total. The van der Waals surface area contributed by atoms with Crippen molar-refractivity contribution in [3.8, 4) is 0 Å². The van der Waals surface area contributed by atoms with E-state index >= 15 is 0 Å². The summed E-state index contributed by atoms with van der Waals surface area (Å²) in [6, 6.07) is 0. The van der Waals surface area contributed by atoms with Gasteiger partial charge in [0.2, 0.25) is 5.91 Å². The first kappa shape index (κ1) is 12.8. The van der Waals surface area contributed by atoms with E-state index in [9.17, 15) is 4.79 Å². The minimum atomic E-state index is 0.125. The molecule has 0 aromatic heterocycles. The molecule has 0 aromatic carbocycles. The van der Waals surface area contributed by atoms with Gasteiger partial charge < -0.3 is 5.32 Å². The largest absolute Gasteiger partial charge is 0.326 e. The van der Waals surface area contributed by atoms with Gasteiger partial charge in [-0.25, -0.2) is 0 Å². The number of carbonyl (C=O) groups is 1. The van der Waals surface area contributed by atoms with E-state index in [1.165, 1.54) is 11.1 Å². The van der Waals surface area contributed by atoms with E-state index in [1.54, 1.807) is 0 Å². The van der Waals surface area contributed by atoms with Gasteiger partial charge in [0, 0.05) is 12.1 Å². The predicted octanol–water partition coefficient (Wildman–Crippen LogP) is 3.47. The molecule has 0 saturated heterocycles. The van der Waals surface area contributed by atoms with Crippen LogP contribution in [0, 0.1) is 0 Å². The minimum absolute atomic E-state index is 0.125. The number of allylic oxidation sites excluding steroid dienone is 5. The summed E-state index contributed by atoms with van der Waals surface area (Å²) in [6.07, 6.45) is 10.1. The molecule has 1 aliphatic heterocycles. The fraction of sp³-hybridized carbons (Fsp3) is 0.500. The Morgan fingerprint density at radius 2 is 2.12 bits per heavy atom. The number of hydrogen-bond donors (Lipinski definition) is 1. The van der Waals surface area contributed by atoms with Crippen molar-refractivity contribution in [3.63, 3.8) is 0 Å². The van der Waals surface area contributed by atoms with Crippen LogP contribution < -0.4 is 5.32 Å². The number of carbonyl (C=O) groups excluding carboxylic acids is 1. The summed E-state index contributed by atoms with van der Waals surface area (Å²) in [6.45, 7) is 6.25. The summed E-state index contributed by atoms with van der Waals surface area (Å²) >= 11 is 0. The first-order valence-electron chi connectivity index (χ1n) is 5.98. The summed E-state index contributed by atoms with van der Waals surface area (Å²) < 4.78 is 0. The van der Waals surface area contributed by atoms with Crippen molar-refractivity contribution in [1.29, 1.82) is 0 Å². The Labute approximate surface area is 98.1 Å². The topological polar surface area (TPSA) is 29.1 Å². The maximum atomic E-state index is 11.3. The van der Waals surface area contributed by atoms with Gasteiger partial charge in [0.15, 0.2) is 0 Å². The quantitative estimate of drug-likeness (QED) is 0.770. The molecule has 1 amide bonds. The third kappa shape index (κ3) is 4.05. The molecule has 0 spiro atoms. The normalized spacial score (nSPS) is 16.6. The molecule has 1 aliphatic rings. The van der Waals surface area contributed by atoms with Crippen molar-refractivity contribution in [1.82, 2.24) is 5.32 Å². The highest BCUT2D eigenvalue weighted by atomic mass is 16.1. The van der Waals surface area contributed by atoms with Crippen LogP contribution in [0.4, 0.5) is 0 Å². The van der Waals surface area contributed by atoms with Crippen LogP contribution in [-0.2, 0) is 4.79 Å². The molecule has 0 radical (unpaired) electrons. The highest BCUT2D eigenvalue weighted by Gasteiger charge is 2.13. The average Bonchev–Trinajstić information content (AvgIpc) is 2.20. The van der Waals surface area contributed by atoms with Gasteiger partial charge >= 0.3 is 0 Å². The zero-order chi connectivity index (χ0) is 12.0. The van der Waals surface area contributed by atoms with Crippen molar-refractivity contribution in [2.45, 2.75) is 46.5 Å². The fourth-order valence-electron chi connectivity index (χ4n) is 1.66. The van der Waals surface area contributed by atoms with Crippen LogP contribution >= 0.6 is 0 Å². The Morgan fingerprint density at radius 1 is 1.38 bits per heavy atom. The van der Waals surface area contributed by atoms with Crippen molar-refractivity contribution >= 4 is 5.91 Å². The summed E-state index contributed by atoms with van der Waals surface area (Å²) in [4.78, 5) is 11.3. The van der Waals surface area contributed by atoms with Gasteiger partial charge in [-0.3, -0.25) is 4.79 Å². The molecule has 0 aromatic rings. The van der Waals surface area contributed by atoms with Crippen LogP contribution in [-0.4, -0.2) is 5.91 Å². The van der Waals surface area contributed by atoms with Gasteiger partial charge in [-0.1, -0.05) is 31.1 Å². The Hall–Kier alpha value is -1.31. The molecule has 1 heterocycles. The van der Waals surface area contributed by atoms with Gasteiger partial charge in [-0.2, -0.15) is 0 Å². The number of unbranched alkanes of at least 4 members (excludes halogenated alkanes) is 1. The monoisotopic (exact) mass is 219 g/mol. The van der Waals surface area contributed by atoms with Gasteiger partial charge in [0.1, 0.15) is 0 Å². The lowest BCUT2D eigenvalue weighted by Crippen LogP contribution is -2.26. The Kier molecular flexibility index (Phi) is 5.03. The van der Waals surface area contributed by atoms with Gasteiger partial charge in [-0.05, 0) is 38.3 Å². The van der Waals surface area contributed by atoms with Crippen molar-refractivity contribution in [3.05, 3.63) is 35.1 Å². The van der Waals surface area contributed by atoms with E-state index in [4.69, 9.17) is 0 Å². The molecule has 0 atom stereocenters. The minimum Gasteiger partial charge on any atom is -0.326 e. The number of nitrogens with one attached hydrogen (secondary N) is 1. The predicted molar refractivity (Wildman–Crippen MR) is 67.9 cm³/mol. The molecule has 1 rings (SSSR count). The number of rotatable bonds is 4. The molecule has 88 valence electrons. The summed E-state index contributed by atoms with van der Waals surface area (Å²) in [7, 11) is 0. The van der Waals surface area contributed by atoms with E-state index in [-0.39, 0.29) is 5.91 Å². The van der Waals surface area contributed by atoms with Gasteiger partial charge in [-0.15, -0.1) is 0 Å². The third-order valence-electron chi connectivity index (χ3n) is 2.45. The highest BCUT2D eigenvalue weighted by molar-refractivity contribution is 5.80. The smallest absolute Gasteiger partial charge is 0.224 e. The second-order valence-corrected chi connectivity index (χ2v) is 4.40. The van der Waals surface area contributed by atoms with Crippen LogP contribution in [0.5, 0.6) is 0 Å². The van der Waals surface area contributed by atoms with Crippen molar-refractivity contribution in [2.75, 3.05) is 0 Å². The molecule has 0 saturated carbocycles. The lowest BCUT2D eigenvalue weighted by atomic mass is 10.0. The van der Waals surface area contributed by atoms with Crippen LogP contribution in [0.2, 0.25) is 0 Å². The van der Waals surface area contributed by atoms with E-state index in [2.05, 4.69) is 24.4 Å². The Balaban J connectivity index is 2.87. The first-order valence-corrected chi connectivity index (χ1v) is 5.98. The maximum Gasteiger partial charge on any atom is 0.224 e. The van der Waals surface area contributed by atoms with E-state index in [1.807, 2.05) is 19.9 Å². The van der Waals surface area contributed by atoms with Gasteiger partial charge in [0.25, 0.3) is 0 Å².